The minimum absolute atomic E-state index is 0.00190. The molecule has 9 aliphatic rings. The SMILES string of the molecule is CC(C)=CCCC(C)(OC1OC(COC2OC(COC3OC(CO)C(O)C(O)C3O)C(O)C(O)C2O)C(O)C(O)C1O)C1CCC2(C)C1C(O)CC1C3(C)CCC(OC4OC(CO)C(O)C(O)C4OC4OC(CO)C(O)C(O)C4O)C(C)(C)C3CCC12C. The van der Waals surface area contributed by atoms with Crippen molar-refractivity contribution >= 4 is 0 Å². The molecule has 18 N–H and O–H groups in total. The van der Waals surface area contributed by atoms with Gasteiger partial charge < -0.3 is 139 Å². The first-order chi connectivity index (χ1) is 41.2. The van der Waals surface area contributed by atoms with Gasteiger partial charge in [0.05, 0.1) is 50.8 Å². The van der Waals surface area contributed by atoms with Crippen LogP contribution in [0.5, 0.6) is 0 Å². The van der Waals surface area contributed by atoms with E-state index >= 15 is 0 Å². The summed E-state index contributed by atoms with van der Waals surface area (Å²) in [4.78, 5) is 0. The molecular weight excluding hydrogens is 1170 g/mol. The predicted octanol–water partition coefficient (Wildman–Crippen LogP) is -4.38. The van der Waals surface area contributed by atoms with Crippen molar-refractivity contribution < 1.29 is 139 Å². The highest BCUT2D eigenvalue weighted by Crippen LogP contribution is 2.76. The molecular formula is C60H102O28. The van der Waals surface area contributed by atoms with Crippen molar-refractivity contribution in [2.75, 3.05) is 33.0 Å². The summed E-state index contributed by atoms with van der Waals surface area (Å²) >= 11 is 0. The van der Waals surface area contributed by atoms with Crippen molar-refractivity contribution in [2.24, 2.45) is 45.3 Å². The molecule has 0 amide bonds. The van der Waals surface area contributed by atoms with Gasteiger partial charge in [-0.05, 0) is 124 Å². The smallest absolute Gasteiger partial charge is 0.187 e. The Hall–Kier alpha value is -1.38. The standard InChI is InChI=1S/C60H102O28/c1-24(2)10-9-14-60(8,88-54-49(78)44(73)40(69)31(85-54)23-80-52-47(76)43(72)39(68)30(84-52)22-79-51-46(75)41(70)36(65)27(19-61)81-51)25-11-16-59(7)35(25)26(64)18-33-57(5)15-13-34(56(3,4)32(57)12-17-58(33,59)6)86-55-50(45(74)38(67)29(21-63)83-55)87-53-48(77)42(71)37(66)28(20-62)82-53/h10,25-55,61-78H,9,11-23H2,1-8H3. The number of rotatable bonds is 19. The van der Waals surface area contributed by atoms with Gasteiger partial charge in [-0.1, -0.05) is 46.3 Å². The molecule has 0 aromatic heterocycles. The van der Waals surface area contributed by atoms with E-state index in [2.05, 4.69) is 40.7 Å². The van der Waals surface area contributed by atoms with Crippen LogP contribution in [-0.2, 0) is 47.4 Å². The van der Waals surface area contributed by atoms with Crippen molar-refractivity contribution in [3.05, 3.63) is 11.6 Å². The molecule has 9 rings (SSSR count). The quantitative estimate of drug-likeness (QED) is 0.0429. The third-order valence-corrected chi connectivity index (χ3v) is 23.0. The van der Waals surface area contributed by atoms with Gasteiger partial charge in [-0.2, -0.15) is 0 Å². The highest BCUT2D eigenvalue weighted by molar-refractivity contribution is 5.21. The Bertz CT molecular complexity index is 2320. The molecule has 0 bridgehead atoms. The second-order valence-electron chi connectivity index (χ2n) is 28.6. The summed E-state index contributed by atoms with van der Waals surface area (Å²) < 4.78 is 60.4. The molecule has 9 fully saturated rings. The van der Waals surface area contributed by atoms with Crippen LogP contribution in [0.15, 0.2) is 11.6 Å². The van der Waals surface area contributed by atoms with E-state index in [1.54, 1.807) is 0 Å². The largest absolute Gasteiger partial charge is 0.394 e. The first-order valence-electron chi connectivity index (χ1n) is 31.4. The second kappa shape index (κ2) is 27.4. The fraction of sp³-hybridized carbons (Fsp3) is 0.967. The van der Waals surface area contributed by atoms with Crippen LogP contribution < -0.4 is 0 Å². The van der Waals surface area contributed by atoms with E-state index in [9.17, 15) is 91.9 Å². The maximum absolute atomic E-state index is 12.9. The Kier molecular flexibility index (Phi) is 22.1. The van der Waals surface area contributed by atoms with E-state index in [-0.39, 0.29) is 34.5 Å². The van der Waals surface area contributed by atoms with Gasteiger partial charge in [0.25, 0.3) is 0 Å². The van der Waals surface area contributed by atoms with E-state index in [1.165, 1.54) is 0 Å². The van der Waals surface area contributed by atoms with Crippen molar-refractivity contribution in [3.8, 4) is 0 Å². The van der Waals surface area contributed by atoms with Gasteiger partial charge >= 0.3 is 0 Å². The molecule has 35 atom stereocenters. The van der Waals surface area contributed by atoms with Crippen molar-refractivity contribution in [1.29, 1.82) is 0 Å². The van der Waals surface area contributed by atoms with Crippen LogP contribution in [0.2, 0.25) is 0 Å². The first kappa shape index (κ1) is 70.9. The van der Waals surface area contributed by atoms with Gasteiger partial charge in [0.2, 0.25) is 0 Å². The Balaban J connectivity index is 0.899. The zero-order valence-corrected chi connectivity index (χ0v) is 51.5. The molecule has 5 saturated heterocycles. The molecule has 0 aromatic carbocycles. The molecule has 4 saturated carbocycles. The Labute approximate surface area is 512 Å². The first-order valence-corrected chi connectivity index (χ1v) is 31.4. The lowest BCUT2D eigenvalue weighted by atomic mass is 9.35. The second-order valence-corrected chi connectivity index (χ2v) is 28.6. The van der Waals surface area contributed by atoms with Crippen LogP contribution >= 0.6 is 0 Å². The lowest BCUT2D eigenvalue weighted by Crippen LogP contribution is -2.68. The zero-order chi connectivity index (χ0) is 64.7. The number of fused-ring (bicyclic) bond motifs is 5. The number of aliphatic hydroxyl groups excluding tert-OH is 18. The van der Waals surface area contributed by atoms with E-state index < -0.39 is 215 Å². The molecule has 510 valence electrons. The predicted molar refractivity (Wildman–Crippen MR) is 299 cm³/mol. The van der Waals surface area contributed by atoms with Crippen molar-refractivity contribution in [3.63, 3.8) is 0 Å². The monoisotopic (exact) mass is 1270 g/mol. The maximum atomic E-state index is 12.9. The Morgan fingerprint density at radius 3 is 1.44 bits per heavy atom. The molecule has 5 aliphatic heterocycles. The van der Waals surface area contributed by atoms with Crippen LogP contribution in [0.1, 0.15) is 113 Å². The highest BCUT2D eigenvalue weighted by Gasteiger charge is 2.72. The number of hydrogen-bond donors (Lipinski definition) is 18. The Morgan fingerprint density at radius 1 is 0.477 bits per heavy atom. The summed E-state index contributed by atoms with van der Waals surface area (Å²) in [5, 5.41) is 195. The molecule has 35 unspecified atom stereocenters. The van der Waals surface area contributed by atoms with Crippen LogP contribution in [-0.4, -0.2) is 296 Å². The number of aliphatic hydroxyl groups is 18. The fourth-order valence-electron chi connectivity index (χ4n) is 17.6. The molecule has 5 heterocycles. The molecule has 4 aliphatic carbocycles. The van der Waals surface area contributed by atoms with E-state index in [0.717, 1.165) is 18.4 Å². The van der Waals surface area contributed by atoms with E-state index in [1.807, 2.05) is 20.8 Å². The zero-order valence-electron chi connectivity index (χ0n) is 51.5. The molecule has 28 nitrogen and oxygen atoms in total. The molecule has 0 radical (unpaired) electrons. The third-order valence-electron chi connectivity index (χ3n) is 23.0. The normalized spacial score (nSPS) is 52.9. The summed E-state index contributed by atoms with van der Waals surface area (Å²) in [5.41, 5.74) is -1.86. The molecule has 88 heavy (non-hydrogen) atoms. The molecule has 28 heteroatoms. The summed E-state index contributed by atoms with van der Waals surface area (Å²) in [7, 11) is 0. The van der Waals surface area contributed by atoms with Crippen LogP contribution in [0.25, 0.3) is 0 Å². The minimum Gasteiger partial charge on any atom is -0.394 e. The van der Waals surface area contributed by atoms with Gasteiger partial charge in [-0.15, -0.1) is 0 Å². The van der Waals surface area contributed by atoms with Crippen LogP contribution in [0.4, 0.5) is 0 Å². The maximum Gasteiger partial charge on any atom is 0.187 e. The Morgan fingerprint density at radius 2 is 0.920 bits per heavy atom. The number of allylic oxidation sites excluding steroid dienone is 2. The lowest BCUT2D eigenvalue weighted by molar-refractivity contribution is -0.378. The molecule has 0 aromatic rings. The van der Waals surface area contributed by atoms with E-state index in [4.69, 9.17) is 47.4 Å². The number of ether oxygens (including phenoxy) is 10. The van der Waals surface area contributed by atoms with Gasteiger partial charge in [0.15, 0.2) is 31.5 Å². The summed E-state index contributed by atoms with van der Waals surface area (Å²) in [6.07, 6.45) is -35.3. The minimum atomic E-state index is -1.89. The summed E-state index contributed by atoms with van der Waals surface area (Å²) in [6.45, 7) is 13.6. The number of hydrogen-bond acceptors (Lipinski definition) is 28. The topological polar surface area (TPSA) is 456 Å². The third kappa shape index (κ3) is 12.7. The van der Waals surface area contributed by atoms with Gasteiger partial charge in [0.1, 0.15) is 122 Å². The van der Waals surface area contributed by atoms with Crippen LogP contribution in [0, 0.1) is 45.3 Å². The highest BCUT2D eigenvalue weighted by atomic mass is 16.8. The average Bonchev–Trinajstić information content (AvgIpc) is 1.58. The van der Waals surface area contributed by atoms with Crippen molar-refractivity contribution in [1.82, 2.24) is 0 Å². The van der Waals surface area contributed by atoms with Crippen molar-refractivity contribution in [2.45, 2.75) is 285 Å². The summed E-state index contributed by atoms with van der Waals surface area (Å²) in [5.74, 6) is -0.658. The fourth-order valence-corrected chi connectivity index (χ4v) is 17.6. The average molecular weight is 1270 g/mol. The van der Waals surface area contributed by atoms with Crippen LogP contribution in [0.3, 0.4) is 0 Å². The lowest BCUT2D eigenvalue weighted by Gasteiger charge is -2.71. The van der Waals surface area contributed by atoms with Gasteiger partial charge in [-0.25, -0.2) is 0 Å². The van der Waals surface area contributed by atoms with E-state index in [0.29, 0.717) is 44.9 Å². The summed E-state index contributed by atoms with van der Waals surface area (Å²) in [6, 6.07) is 0. The van der Waals surface area contributed by atoms with Gasteiger partial charge in [0, 0.05) is 0 Å². The molecule has 0 spiro atoms. The van der Waals surface area contributed by atoms with Gasteiger partial charge in [-0.3, -0.25) is 0 Å².